The molecule has 1 N–H and O–H groups in total. The maximum atomic E-state index is 11.6. The van der Waals surface area contributed by atoms with Crippen LogP contribution in [0.5, 0.6) is 0 Å². The summed E-state index contributed by atoms with van der Waals surface area (Å²) in [5.74, 6) is 0.676. The fraction of sp³-hybridized carbons (Fsp3) is 0.818. The topological polar surface area (TPSA) is 52.7 Å². The first-order valence-corrected chi connectivity index (χ1v) is 5.65. The minimum Gasteiger partial charge on any atom is -0.347 e. The third kappa shape index (κ3) is 6.48. The van der Waals surface area contributed by atoms with Crippen LogP contribution in [0, 0.1) is 5.92 Å². The fourth-order valence-corrected chi connectivity index (χ4v) is 1.27. The molecule has 0 radical (unpaired) electrons. The van der Waals surface area contributed by atoms with Gasteiger partial charge in [0.2, 0.25) is 11.8 Å². The van der Waals surface area contributed by atoms with E-state index >= 15 is 0 Å². The van der Waals surface area contributed by atoms with Crippen LogP contribution < -0.4 is 5.32 Å². The molecule has 1 rings (SSSR count). The van der Waals surface area contributed by atoms with Gasteiger partial charge in [-0.25, -0.2) is 0 Å². The summed E-state index contributed by atoms with van der Waals surface area (Å²) in [5, 5.41) is 3.11. The number of likely N-dealkylation sites (N-methyl/N-ethyl adjacent to an activating group) is 2. The molecule has 1 saturated carbocycles. The molecule has 1 fully saturated rings. The molecule has 1 aliphatic carbocycles. The van der Waals surface area contributed by atoms with E-state index in [2.05, 4.69) is 5.32 Å². The molecule has 0 atom stereocenters. The van der Waals surface area contributed by atoms with Gasteiger partial charge >= 0.3 is 0 Å². The van der Waals surface area contributed by atoms with Crippen LogP contribution in [0.1, 0.15) is 12.8 Å². The van der Waals surface area contributed by atoms with E-state index < -0.39 is 0 Å². The van der Waals surface area contributed by atoms with Crippen molar-refractivity contribution in [1.29, 1.82) is 0 Å². The van der Waals surface area contributed by atoms with E-state index in [1.165, 1.54) is 22.6 Å². The molecular formula is C11H22ClN3O2. The number of nitrogens with one attached hydrogen (secondary N) is 1. The molecule has 1 aliphatic rings. The normalized spacial score (nSPS) is 13.8. The van der Waals surface area contributed by atoms with Crippen molar-refractivity contribution in [1.82, 2.24) is 15.1 Å². The average Bonchev–Trinajstić information content (AvgIpc) is 3.01. The van der Waals surface area contributed by atoms with Crippen LogP contribution in [0.4, 0.5) is 0 Å². The van der Waals surface area contributed by atoms with Gasteiger partial charge in [0.25, 0.3) is 0 Å². The van der Waals surface area contributed by atoms with E-state index in [0.29, 0.717) is 6.54 Å². The van der Waals surface area contributed by atoms with Gasteiger partial charge in [0.15, 0.2) is 0 Å². The van der Waals surface area contributed by atoms with Gasteiger partial charge in [-0.3, -0.25) is 9.59 Å². The second kappa shape index (κ2) is 7.50. The molecule has 0 aromatic carbocycles. The smallest absolute Gasteiger partial charge is 0.241 e. The van der Waals surface area contributed by atoms with Crippen molar-refractivity contribution in [2.24, 2.45) is 5.92 Å². The minimum absolute atomic E-state index is 0. The third-order valence-corrected chi connectivity index (χ3v) is 2.70. The molecule has 0 aromatic heterocycles. The molecule has 100 valence electrons. The Bertz CT molecular complexity index is 267. The molecule has 0 heterocycles. The number of nitrogens with zero attached hydrogens (tertiary/aromatic N) is 2. The number of amides is 2. The third-order valence-electron chi connectivity index (χ3n) is 2.70. The van der Waals surface area contributed by atoms with E-state index in [-0.39, 0.29) is 30.8 Å². The Labute approximate surface area is 109 Å². The fourth-order valence-electron chi connectivity index (χ4n) is 1.27. The minimum atomic E-state index is -0.0574. The summed E-state index contributed by atoms with van der Waals surface area (Å²) < 4.78 is 0. The Kier molecular flexibility index (Phi) is 7.15. The molecule has 0 saturated heterocycles. The lowest BCUT2D eigenvalue weighted by Gasteiger charge is -2.19. The largest absolute Gasteiger partial charge is 0.347 e. The molecular weight excluding hydrogens is 242 g/mol. The number of carbonyl (C=O) groups is 2. The maximum absolute atomic E-state index is 11.6. The van der Waals surface area contributed by atoms with Gasteiger partial charge in [-0.2, -0.15) is 0 Å². The summed E-state index contributed by atoms with van der Waals surface area (Å²) in [6.45, 7) is 1.39. The molecule has 5 nitrogen and oxygen atoms in total. The van der Waals surface area contributed by atoms with Crippen LogP contribution in [0.25, 0.3) is 0 Å². The highest BCUT2D eigenvalue weighted by Crippen LogP contribution is 2.27. The van der Waals surface area contributed by atoms with Crippen LogP contribution in [0.3, 0.4) is 0 Å². The predicted molar refractivity (Wildman–Crippen MR) is 69.2 cm³/mol. The standard InChI is InChI=1S/C11H21N3O2.ClH/c1-13(2)11(16)8-14(3)10(15)7-12-6-9-4-5-9;/h9,12H,4-8H2,1-3H3;1H. The van der Waals surface area contributed by atoms with E-state index in [9.17, 15) is 9.59 Å². The lowest BCUT2D eigenvalue weighted by molar-refractivity contribution is -0.137. The highest BCUT2D eigenvalue weighted by Gasteiger charge is 2.21. The monoisotopic (exact) mass is 263 g/mol. The van der Waals surface area contributed by atoms with Crippen LogP contribution >= 0.6 is 12.4 Å². The number of halogens is 1. The second-order valence-electron chi connectivity index (χ2n) is 4.61. The van der Waals surface area contributed by atoms with Gasteiger partial charge in [0, 0.05) is 21.1 Å². The summed E-state index contributed by atoms with van der Waals surface area (Å²) in [4.78, 5) is 25.9. The maximum Gasteiger partial charge on any atom is 0.241 e. The number of rotatable bonds is 6. The molecule has 0 aromatic rings. The Morgan fingerprint density at radius 3 is 2.24 bits per heavy atom. The van der Waals surface area contributed by atoms with Crippen molar-refractivity contribution in [2.75, 3.05) is 40.8 Å². The van der Waals surface area contributed by atoms with E-state index in [0.717, 1.165) is 12.5 Å². The molecule has 0 unspecified atom stereocenters. The SMILES string of the molecule is CN(C)C(=O)CN(C)C(=O)CNCC1CC1.Cl. The average molecular weight is 264 g/mol. The molecule has 0 aliphatic heterocycles. The van der Waals surface area contributed by atoms with Gasteiger partial charge < -0.3 is 15.1 Å². The first kappa shape index (κ1) is 16.2. The number of hydrogen-bond acceptors (Lipinski definition) is 3. The van der Waals surface area contributed by atoms with Gasteiger partial charge in [-0.05, 0) is 25.3 Å². The Balaban J connectivity index is 0.00000256. The highest BCUT2D eigenvalue weighted by molar-refractivity contribution is 5.85. The van der Waals surface area contributed by atoms with Crippen LogP contribution in [-0.4, -0.2) is 62.4 Å². The molecule has 6 heteroatoms. The second-order valence-corrected chi connectivity index (χ2v) is 4.61. The zero-order valence-corrected chi connectivity index (χ0v) is 11.5. The van der Waals surface area contributed by atoms with Crippen LogP contribution in [0.2, 0.25) is 0 Å². The van der Waals surface area contributed by atoms with Crippen LogP contribution in [-0.2, 0) is 9.59 Å². The van der Waals surface area contributed by atoms with Gasteiger partial charge in [0.05, 0.1) is 13.1 Å². The van der Waals surface area contributed by atoms with E-state index in [1.807, 2.05) is 0 Å². The highest BCUT2D eigenvalue weighted by atomic mass is 35.5. The lowest BCUT2D eigenvalue weighted by Crippen LogP contribution is -2.41. The van der Waals surface area contributed by atoms with Gasteiger partial charge in [-0.1, -0.05) is 0 Å². The summed E-state index contributed by atoms with van der Waals surface area (Å²) in [7, 11) is 5.03. The van der Waals surface area contributed by atoms with Gasteiger partial charge in [-0.15, -0.1) is 12.4 Å². The number of carbonyl (C=O) groups excluding carboxylic acids is 2. The van der Waals surface area contributed by atoms with E-state index in [1.54, 1.807) is 21.1 Å². The zero-order chi connectivity index (χ0) is 12.1. The summed E-state index contributed by atoms with van der Waals surface area (Å²) >= 11 is 0. The summed E-state index contributed by atoms with van der Waals surface area (Å²) in [5.41, 5.74) is 0. The van der Waals surface area contributed by atoms with Crippen molar-refractivity contribution in [3.8, 4) is 0 Å². The molecule has 2 amide bonds. The Hall–Kier alpha value is -0.810. The van der Waals surface area contributed by atoms with Crippen molar-refractivity contribution in [3.63, 3.8) is 0 Å². The predicted octanol–water partition coefficient (Wildman–Crippen LogP) is -0.0456. The van der Waals surface area contributed by atoms with Gasteiger partial charge in [0.1, 0.15) is 0 Å². The lowest BCUT2D eigenvalue weighted by atomic mass is 10.4. The van der Waals surface area contributed by atoms with Crippen molar-refractivity contribution in [2.45, 2.75) is 12.8 Å². The first-order chi connectivity index (χ1) is 7.50. The number of hydrogen-bond donors (Lipinski definition) is 1. The first-order valence-electron chi connectivity index (χ1n) is 5.65. The van der Waals surface area contributed by atoms with Crippen molar-refractivity contribution < 1.29 is 9.59 Å². The van der Waals surface area contributed by atoms with E-state index in [4.69, 9.17) is 0 Å². The quantitative estimate of drug-likeness (QED) is 0.731. The molecule has 0 bridgehead atoms. The molecule has 0 spiro atoms. The summed E-state index contributed by atoms with van der Waals surface area (Å²) in [6.07, 6.45) is 2.55. The van der Waals surface area contributed by atoms with Crippen LogP contribution in [0.15, 0.2) is 0 Å². The van der Waals surface area contributed by atoms with Crippen molar-refractivity contribution >= 4 is 24.2 Å². The van der Waals surface area contributed by atoms with Crippen molar-refractivity contribution in [3.05, 3.63) is 0 Å². The Morgan fingerprint density at radius 1 is 1.18 bits per heavy atom. The summed E-state index contributed by atoms with van der Waals surface area (Å²) in [6, 6.07) is 0. The molecule has 17 heavy (non-hydrogen) atoms. The Morgan fingerprint density at radius 2 is 1.76 bits per heavy atom. The zero-order valence-electron chi connectivity index (χ0n) is 10.7.